The Morgan fingerprint density at radius 1 is 1.06 bits per heavy atom. The summed E-state index contributed by atoms with van der Waals surface area (Å²) in [5.41, 5.74) is 4.04. The molecule has 176 valence electrons. The second-order valence-corrected chi connectivity index (χ2v) is 10.4. The van der Waals surface area contributed by atoms with Crippen LogP contribution in [-0.4, -0.2) is 40.4 Å². The molecule has 7 nitrogen and oxygen atoms in total. The molecule has 2 aromatic carbocycles. The number of allylic oxidation sites excluding steroid dienone is 1. The molecule has 0 spiro atoms. The van der Waals surface area contributed by atoms with Crippen LogP contribution in [0, 0.1) is 5.92 Å². The van der Waals surface area contributed by atoms with Crippen molar-refractivity contribution in [3.63, 3.8) is 0 Å². The molecule has 3 aliphatic heterocycles. The summed E-state index contributed by atoms with van der Waals surface area (Å²) in [6.45, 7) is 1.40. The molecule has 3 aromatic rings. The molecule has 1 aliphatic carbocycles. The number of fused-ring (bicyclic) bond motifs is 8. The first-order valence-electron chi connectivity index (χ1n) is 11.8. The number of ether oxygens (including phenoxy) is 1. The highest BCUT2D eigenvalue weighted by atomic mass is 32.2. The monoisotopic (exact) mass is 485 g/mol. The predicted molar refractivity (Wildman–Crippen MR) is 132 cm³/mol. The molecule has 0 saturated heterocycles. The van der Waals surface area contributed by atoms with Gasteiger partial charge in [0.05, 0.1) is 0 Å². The minimum atomic E-state index is -0.556. The molecule has 1 N–H and O–H groups in total. The van der Waals surface area contributed by atoms with Crippen molar-refractivity contribution in [3.05, 3.63) is 99.0 Å². The Bertz CT molecular complexity index is 1480. The molecule has 0 fully saturated rings. The van der Waals surface area contributed by atoms with Gasteiger partial charge in [0, 0.05) is 40.9 Å². The molecule has 4 heterocycles. The number of hydrogen-bond donors (Lipinski definition) is 1. The minimum Gasteiger partial charge on any atom is -0.502 e. The average molecular weight is 486 g/mol. The number of nitrogens with zero attached hydrogens (tertiary/aromatic N) is 3. The Labute approximate surface area is 206 Å². The smallest absolute Gasteiger partial charge is 0.277 e. The third kappa shape index (κ3) is 3.20. The van der Waals surface area contributed by atoms with Crippen LogP contribution in [0.3, 0.4) is 0 Å². The fourth-order valence-corrected chi connectivity index (χ4v) is 6.55. The van der Waals surface area contributed by atoms with Crippen molar-refractivity contribution < 1.29 is 14.6 Å². The first kappa shape index (κ1) is 20.7. The normalized spacial score (nSPS) is 22.2. The van der Waals surface area contributed by atoms with E-state index < -0.39 is 11.2 Å². The van der Waals surface area contributed by atoms with Gasteiger partial charge in [0.2, 0.25) is 5.43 Å². The lowest BCUT2D eigenvalue weighted by Crippen LogP contribution is -2.55. The van der Waals surface area contributed by atoms with Crippen molar-refractivity contribution in [2.24, 2.45) is 5.92 Å². The first-order chi connectivity index (χ1) is 17.1. The zero-order valence-electron chi connectivity index (χ0n) is 18.9. The number of aromatic nitrogens is 1. The second kappa shape index (κ2) is 7.68. The van der Waals surface area contributed by atoms with E-state index in [-0.39, 0.29) is 17.6 Å². The largest absolute Gasteiger partial charge is 0.502 e. The van der Waals surface area contributed by atoms with Crippen LogP contribution < -0.4 is 15.2 Å². The zero-order valence-corrected chi connectivity index (χ0v) is 19.7. The number of benzene rings is 2. The third-order valence-electron chi connectivity index (χ3n) is 7.35. The van der Waals surface area contributed by atoms with Crippen LogP contribution in [-0.2, 0) is 5.75 Å². The number of aromatic hydroxyl groups is 1. The van der Waals surface area contributed by atoms with Gasteiger partial charge in [-0.25, -0.2) is 0 Å². The predicted octanol–water partition coefficient (Wildman–Crippen LogP) is 3.64. The molecule has 2 bridgehead atoms. The SMILES string of the molecule is O=C1c2c(O)c(=O)ccn2N2CN1CC[C@@H]1C=C1COc1cccc3c1[C@@H]2c1ccccc1SC3. The van der Waals surface area contributed by atoms with E-state index >= 15 is 0 Å². The summed E-state index contributed by atoms with van der Waals surface area (Å²) >= 11 is 1.78. The average Bonchev–Trinajstić information content (AvgIpc) is 3.65. The number of amides is 1. The van der Waals surface area contributed by atoms with Gasteiger partial charge < -0.3 is 14.7 Å². The van der Waals surface area contributed by atoms with Crippen LogP contribution in [0.15, 0.2) is 76.1 Å². The van der Waals surface area contributed by atoms with E-state index in [0.29, 0.717) is 25.7 Å². The van der Waals surface area contributed by atoms with Crippen LogP contribution >= 0.6 is 11.8 Å². The molecule has 35 heavy (non-hydrogen) atoms. The van der Waals surface area contributed by atoms with Crippen molar-refractivity contribution in [3.8, 4) is 11.5 Å². The van der Waals surface area contributed by atoms with Gasteiger partial charge in [-0.1, -0.05) is 36.4 Å². The highest BCUT2D eigenvalue weighted by molar-refractivity contribution is 7.98. The fraction of sp³-hybridized carbons (Fsp3) is 0.259. The summed E-state index contributed by atoms with van der Waals surface area (Å²) in [5.74, 6) is 1.11. The number of carbonyl (C=O) groups is 1. The Kier molecular flexibility index (Phi) is 4.54. The highest BCUT2D eigenvalue weighted by Gasteiger charge is 2.40. The molecular weight excluding hydrogens is 462 g/mol. The van der Waals surface area contributed by atoms with E-state index in [9.17, 15) is 14.7 Å². The van der Waals surface area contributed by atoms with Crippen LogP contribution in [0.2, 0.25) is 0 Å². The first-order valence-corrected chi connectivity index (χ1v) is 12.8. The number of rotatable bonds is 0. The Hall–Kier alpha value is -3.65. The van der Waals surface area contributed by atoms with Gasteiger partial charge in [-0.15, -0.1) is 11.8 Å². The van der Waals surface area contributed by atoms with Gasteiger partial charge in [0.15, 0.2) is 11.4 Å². The number of pyridine rings is 1. The van der Waals surface area contributed by atoms with E-state index in [1.807, 2.05) is 24.3 Å². The third-order valence-corrected chi connectivity index (χ3v) is 8.49. The van der Waals surface area contributed by atoms with Gasteiger partial charge in [0.25, 0.3) is 5.91 Å². The van der Waals surface area contributed by atoms with Gasteiger partial charge >= 0.3 is 0 Å². The van der Waals surface area contributed by atoms with Crippen LogP contribution in [0.25, 0.3) is 0 Å². The van der Waals surface area contributed by atoms with E-state index in [4.69, 9.17) is 4.74 Å². The fourth-order valence-electron chi connectivity index (χ4n) is 5.47. The van der Waals surface area contributed by atoms with Gasteiger partial charge in [-0.05, 0) is 35.3 Å². The molecule has 2 atom stereocenters. The summed E-state index contributed by atoms with van der Waals surface area (Å²) in [6, 6.07) is 15.5. The van der Waals surface area contributed by atoms with E-state index in [1.54, 1.807) is 27.5 Å². The van der Waals surface area contributed by atoms with Crippen LogP contribution in [0.5, 0.6) is 11.5 Å². The van der Waals surface area contributed by atoms with Gasteiger partial charge in [-0.3, -0.25) is 19.3 Å². The molecule has 0 radical (unpaired) electrons. The summed E-state index contributed by atoms with van der Waals surface area (Å²) in [6.07, 6.45) is 4.59. The maximum Gasteiger partial charge on any atom is 0.277 e. The Balaban J connectivity index is 1.52. The topological polar surface area (TPSA) is 75.0 Å². The minimum absolute atomic E-state index is 0.0131. The highest BCUT2D eigenvalue weighted by Crippen LogP contribution is 2.47. The van der Waals surface area contributed by atoms with E-state index in [0.717, 1.165) is 33.9 Å². The summed E-state index contributed by atoms with van der Waals surface area (Å²) in [4.78, 5) is 28.8. The molecule has 8 heteroatoms. The van der Waals surface area contributed by atoms with Crippen LogP contribution in [0.1, 0.15) is 39.6 Å². The van der Waals surface area contributed by atoms with Gasteiger partial charge in [-0.2, -0.15) is 0 Å². The second-order valence-electron chi connectivity index (χ2n) is 9.35. The lowest BCUT2D eigenvalue weighted by Gasteiger charge is -2.44. The molecule has 7 rings (SSSR count). The van der Waals surface area contributed by atoms with Crippen LogP contribution in [0.4, 0.5) is 0 Å². The van der Waals surface area contributed by atoms with E-state index in [1.165, 1.54) is 17.2 Å². The zero-order chi connectivity index (χ0) is 23.7. The summed E-state index contributed by atoms with van der Waals surface area (Å²) in [5, 5.41) is 12.8. The molecule has 1 amide bonds. The quantitative estimate of drug-likeness (QED) is 0.490. The summed E-state index contributed by atoms with van der Waals surface area (Å²) in [7, 11) is 0. The van der Waals surface area contributed by atoms with Crippen molar-refractivity contribution >= 4 is 17.7 Å². The van der Waals surface area contributed by atoms with Gasteiger partial charge in [0.1, 0.15) is 25.1 Å². The Morgan fingerprint density at radius 2 is 1.94 bits per heavy atom. The maximum absolute atomic E-state index is 13.5. The lowest BCUT2D eigenvalue weighted by molar-refractivity contribution is 0.0674. The maximum atomic E-state index is 13.5. The number of thioether (sulfide) groups is 1. The standard InChI is InChI=1S/C27H23N3O4S/c31-20-9-11-29-25(26(20)32)27(33)28-10-8-16-12-18(16)13-34-21-6-3-4-17-14-35-22-7-2-1-5-19(22)24(23(17)21)30(29)15-28/h1-7,9,11-12,16,24,32H,8,10,13-15H2/t16-,24+/m1/s1. The Morgan fingerprint density at radius 3 is 2.86 bits per heavy atom. The lowest BCUT2D eigenvalue weighted by atomic mass is 9.93. The van der Waals surface area contributed by atoms with Crippen molar-refractivity contribution in [1.29, 1.82) is 0 Å². The summed E-state index contributed by atoms with van der Waals surface area (Å²) < 4.78 is 8.09. The molecule has 0 saturated carbocycles. The molecule has 1 aromatic heterocycles. The molecule has 0 unspecified atom stereocenters. The van der Waals surface area contributed by atoms with Crippen molar-refractivity contribution in [1.82, 2.24) is 9.58 Å². The molecule has 4 aliphatic rings. The number of carbonyl (C=O) groups excluding carboxylic acids is 1. The molecular formula is C27H23N3O4S. The van der Waals surface area contributed by atoms with Crippen molar-refractivity contribution in [2.75, 3.05) is 24.8 Å². The van der Waals surface area contributed by atoms with E-state index in [2.05, 4.69) is 29.3 Å². The van der Waals surface area contributed by atoms with Crippen molar-refractivity contribution in [2.45, 2.75) is 23.1 Å². The number of hydrogen-bond acceptors (Lipinski definition) is 6.